The molecule has 2 aliphatic heterocycles. The molecule has 132 valence electrons. The van der Waals surface area contributed by atoms with Crippen LogP contribution >= 0.6 is 0 Å². The molecule has 12 nitrogen and oxygen atoms in total. The second-order valence-electron chi connectivity index (χ2n) is 5.24. The van der Waals surface area contributed by atoms with Crippen molar-refractivity contribution in [2.45, 2.75) is 11.6 Å². The molecule has 2 heterocycles. The fraction of sp³-hybridized carbons (Fsp3) is 0.143. The molecule has 2 fully saturated rings. The van der Waals surface area contributed by atoms with E-state index in [4.69, 9.17) is 0 Å². The van der Waals surface area contributed by atoms with E-state index in [0.29, 0.717) is 0 Å². The van der Waals surface area contributed by atoms with Crippen LogP contribution in [0.1, 0.15) is 5.56 Å². The molecule has 0 radical (unpaired) electrons. The SMILES string of the molecule is O=C1NC(=O)C(N=NC2(c3ccccc3)C(=O)NC(=O)NC2=O)C(=O)N1. The summed E-state index contributed by atoms with van der Waals surface area (Å²) in [6.45, 7) is 0. The van der Waals surface area contributed by atoms with Crippen molar-refractivity contribution in [3.05, 3.63) is 35.9 Å². The smallest absolute Gasteiger partial charge is 0.275 e. The van der Waals surface area contributed by atoms with Gasteiger partial charge in [-0.2, -0.15) is 10.2 Å². The van der Waals surface area contributed by atoms with Crippen molar-refractivity contribution < 1.29 is 28.8 Å². The Morgan fingerprint density at radius 3 is 1.77 bits per heavy atom. The Morgan fingerprint density at radius 1 is 0.731 bits per heavy atom. The minimum atomic E-state index is -2.32. The highest BCUT2D eigenvalue weighted by molar-refractivity contribution is 6.23. The summed E-state index contributed by atoms with van der Waals surface area (Å²) in [7, 11) is 0. The number of rotatable bonds is 3. The highest BCUT2D eigenvalue weighted by Crippen LogP contribution is 2.29. The van der Waals surface area contributed by atoms with Crippen LogP contribution in [0.15, 0.2) is 40.6 Å². The average Bonchev–Trinajstić information content (AvgIpc) is 2.57. The number of urea groups is 2. The van der Waals surface area contributed by atoms with Crippen LogP contribution in [0.4, 0.5) is 9.59 Å². The molecule has 0 aliphatic carbocycles. The van der Waals surface area contributed by atoms with Gasteiger partial charge in [-0.05, 0) is 0 Å². The molecule has 0 atom stereocenters. The largest absolute Gasteiger partial charge is 0.328 e. The minimum Gasteiger partial charge on any atom is -0.275 e. The fourth-order valence-electron chi connectivity index (χ4n) is 2.37. The van der Waals surface area contributed by atoms with Gasteiger partial charge in [0, 0.05) is 5.56 Å². The molecule has 0 spiro atoms. The van der Waals surface area contributed by atoms with Gasteiger partial charge in [-0.3, -0.25) is 40.4 Å². The monoisotopic (exact) mass is 358 g/mol. The molecule has 4 N–H and O–H groups in total. The van der Waals surface area contributed by atoms with Crippen LogP contribution in [0.2, 0.25) is 0 Å². The summed E-state index contributed by atoms with van der Waals surface area (Å²) in [5.41, 5.74) is -2.27. The Hall–Kier alpha value is -3.96. The molecule has 26 heavy (non-hydrogen) atoms. The van der Waals surface area contributed by atoms with E-state index >= 15 is 0 Å². The van der Waals surface area contributed by atoms with Gasteiger partial charge in [-0.15, -0.1) is 0 Å². The summed E-state index contributed by atoms with van der Waals surface area (Å²) in [5.74, 6) is -4.35. The third-order valence-corrected chi connectivity index (χ3v) is 3.60. The molecule has 0 unspecified atom stereocenters. The first-order valence-corrected chi connectivity index (χ1v) is 7.14. The van der Waals surface area contributed by atoms with Crippen molar-refractivity contribution in [2.75, 3.05) is 0 Å². The number of amides is 8. The standard InChI is InChI=1S/C14H10N6O6/c21-8-7(9(22)16-12(25)15-8)19-20-14(6-4-2-1-3-5-6)10(23)17-13(26)18-11(14)24/h1-5,7H,(H2,15,16,21,22,25)(H2,17,18,23,24,26). The Bertz CT molecular complexity index is 839. The first kappa shape index (κ1) is 16.9. The summed E-state index contributed by atoms with van der Waals surface area (Å²) < 4.78 is 0. The molecule has 8 amide bonds. The van der Waals surface area contributed by atoms with E-state index in [1.165, 1.54) is 24.3 Å². The number of imide groups is 4. The van der Waals surface area contributed by atoms with Gasteiger partial charge in [0.15, 0.2) is 0 Å². The number of hydrogen-bond acceptors (Lipinski definition) is 8. The zero-order valence-corrected chi connectivity index (χ0v) is 12.8. The van der Waals surface area contributed by atoms with E-state index in [9.17, 15) is 28.8 Å². The molecular weight excluding hydrogens is 348 g/mol. The summed E-state index contributed by atoms with van der Waals surface area (Å²) in [5, 5.41) is 14.6. The van der Waals surface area contributed by atoms with E-state index in [2.05, 4.69) is 10.2 Å². The van der Waals surface area contributed by atoms with E-state index in [1.54, 1.807) is 6.07 Å². The molecular formula is C14H10N6O6. The lowest BCUT2D eigenvalue weighted by Gasteiger charge is -2.30. The molecule has 0 aromatic heterocycles. The van der Waals surface area contributed by atoms with Gasteiger partial charge in [0.25, 0.3) is 29.2 Å². The quantitative estimate of drug-likeness (QED) is 0.375. The van der Waals surface area contributed by atoms with E-state index < -0.39 is 47.3 Å². The first-order valence-electron chi connectivity index (χ1n) is 7.14. The van der Waals surface area contributed by atoms with Gasteiger partial charge in [0.1, 0.15) is 0 Å². The van der Waals surface area contributed by atoms with Crippen LogP contribution in [-0.4, -0.2) is 41.7 Å². The highest BCUT2D eigenvalue weighted by Gasteiger charge is 2.53. The number of nitrogens with zero attached hydrogens (tertiary/aromatic N) is 2. The Balaban J connectivity index is 2.05. The van der Waals surface area contributed by atoms with Crippen LogP contribution in [0.25, 0.3) is 0 Å². The summed E-state index contributed by atoms with van der Waals surface area (Å²) in [4.78, 5) is 70.7. The van der Waals surface area contributed by atoms with Gasteiger partial charge in [0.2, 0.25) is 6.04 Å². The molecule has 0 saturated carbocycles. The second kappa shape index (κ2) is 6.16. The zero-order valence-electron chi connectivity index (χ0n) is 12.8. The van der Waals surface area contributed by atoms with Gasteiger partial charge in [-0.25, -0.2) is 9.59 Å². The predicted molar refractivity (Wildman–Crippen MR) is 80.1 cm³/mol. The topological polar surface area (TPSA) is 175 Å². The molecule has 1 aromatic rings. The van der Waals surface area contributed by atoms with Crippen molar-refractivity contribution in [2.24, 2.45) is 10.2 Å². The zero-order chi connectivity index (χ0) is 18.9. The number of hydrogen-bond donors (Lipinski definition) is 4. The van der Waals surface area contributed by atoms with Gasteiger partial charge >= 0.3 is 12.1 Å². The number of nitrogens with one attached hydrogen (secondary N) is 4. The lowest BCUT2D eigenvalue weighted by Crippen LogP contribution is -2.64. The maximum atomic E-state index is 12.4. The third kappa shape index (κ3) is 2.68. The summed E-state index contributed by atoms with van der Waals surface area (Å²) >= 11 is 0. The van der Waals surface area contributed by atoms with Gasteiger partial charge in [0.05, 0.1) is 0 Å². The maximum absolute atomic E-state index is 12.4. The van der Waals surface area contributed by atoms with Crippen LogP contribution in [-0.2, 0) is 24.7 Å². The van der Waals surface area contributed by atoms with Crippen LogP contribution in [0, 0.1) is 0 Å². The summed E-state index contributed by atoms with van der Waals surface area (Å²) in [6, 6.07) is 3.57. The van der Waals surface area contributed by atoms with E-state index in [-0.39, 0.29) is 5.56 Å². The molecule has 3 rings (SSSR count). The molecule has 12 heteroatoms. The average molecular weight is 358 g/mol. The third-order valence-electron chi connectivity index (χ3n) is 3.60. The number of azo groups is 1. The normalized spacial score (nSPS) is 20.5. The molecule has 1 aromatic carbocycles. The first-order chi connectivity index (χ1) is 12.3. The van der Waals surface area contributed by atoms with Crippen molar-refractivity contribution in [3.8, 4) is 0 Å². The Morgan fingerprint density at radius 2 is 1.23 bits per heavy atom. The van der Waals surface area contributed by atoms with Gasteiger partial charge in [-0.1, -0.05) is 30.3 Å². The minimum absolute atomic E-state index is 0.0546. The molecule has 2 saturated heterocycles. The fourth-order valence-corrected chi connectivity index (χ4v) is 2.37. The van der Waals surface area contributed by atoms with Crippen molar-refractivity contribution in [1.29, 1.82) is 0 Å². The summed E-state index contributed by atoms with van der Waals surface area (Å²) in [6.07, 6.45) is 0. The lowest BCUT2D eigenvalue weighted by molar-refractivity contribution is -0.139. The highest BCUT2D eigenvalue weighted by atomic mass is 16.2. The Kier molecular flexibility index (Phi) is 4.00. The van der Waals surface area contributed by atoms with E-state index in [1.807, 2.05) is 21.3 Å². The van der Waals surface area contributed by atoms with Crippen LogP contribution in [0.5, 0.6) is 0 Å². The van der Waals surface area contributed by atoms with Crippen LogP contribution < -0.4 is 21.3 Å². The second-order valence-corrected chi connectivity index (χ2v) is 5.24. The van der Waals surface area contributed by atoms with Crippen molar-refractivity contribution in [3.63, 3.8) is 0 Å². The van der Waals surface area contributed by atoms with Gasteiger partial charge < -0.3 is 0 Å². The number of barbiturate groups is 2. The molecule has 2 aliphatic rings. The number of benzene rings is 1. The number of carbonyl (C=O) groups excluding carboxylic acids is 6. The maximum Gasteiger partial charge on any atom is 0.328 e. The predicted octanol–water partition coefficient (Wildman–Crippen LogP) is -1.57. The van der Waals surface area contributed by atoms with Crippen molar-refractivity contribution >= 4 is 35.7 Å². The van der Waals surface area contributed by atoms with E-state index in [0.717, 1.165) is 0 Å². The number of carbonyl (C=O) groups is 6. The van der Waals surface area contributed by atoms with Crippen molar-refractivity contribution in [1.82, 2.24) is 21.3 Å². The van der Waals surface area contributed by atoms with Crippen LogP contribution in [0.3, 0.4) is 0 Å². The lowest BCUT2D eigenvalue weighted by atomic mass is 9.87. The molecule has 0 bridgehead atoms. The Labute approximate surface area is 144 Å².